The molecule has 17 heavy (non-hydrogen) atoms. The summed E-state index contributed by atoms with van der Waals surface area (Å²) in [4.78, 5) is 4.00. The van der Waals surface area contributed by atoms with Gasteiger partial charge in [0.25, 0.3) is 0 Å². The Balaban J connectivity index is 2.30. The minimum atomic E-state index is -0.820. The first kappa shape index (κ1) is 12.0. The Bertz CT molecular complexity index is 567. The molecule has 1 heterocycles. The van der Waals surface area contributed by atoms with E-state index in [1.165, 1.54) is 6.07 Å². The normalized spacial score (nSPS) is 13.1. The number of imidazole rings is 1. The first-order chi connectivity index (χ1) is 8.09. The van der Waals surface area contributed by atoms with E-state index in [1.807, 2.05) is 0 Å². The zero-order valence-corrected chi connectivity index (χ0v) is 10.3. The molecule has 0 amide bonds. The molecule has 0 radical (unpaired) electrons. The summed E-state index contributed by atoms with van der Waals surface area (Å²) < 4.78 is 26.2. The topological polar surface area (TPSA) is 60.9 Å². The number of benzene rings is 1. The number of hydrogen-bond donors (Lipinski definition) is 1. The fourth-order valence-electron chi connectivity index (χ4n) is 1.79. The maximum atomic E-state index is 13.4. The van der Waals surface area contributed by atoms with Gasteiger partial charge in [0, 0.05) is 29.4 Å². The van der Waals surface area contributed by atoms with Crippen LogP contribution < -0.4 is 5.73 Å². The van der Waals surface area contributed by atoms with Crippen LogP contribution in [0.25, 0.3) is 11.0 Å². The van der Waals surface area contributed by atoms with Gasteiger partial charge in [-0.1, -0.05) is 6.07 Å². The molecule has 0 aliphatic carbocycles. The number of rotatable bonds is 4. The summed E-state index contributed by atoms with van der Waals surface area (Å²) in [6.07, 6.45) is 2.39. The van der Waals surface area contributed by atoms with Crippen LogP contribution in [0.4, 0.5) is 10.3 Å². The number of para-hydroxylation sites is 1. The number of nitrogen functional groups attached to an aromatic ring is 1. The van der Waals surface area contributed by atoms with Gasteiger partial charge in [0.05, 0.1) is 5.52 Å². The molecule has 92 valence electrons. The number of halogens is 1. The van der Waals surface area contributed by atoms with E-state index in [0.717, 1.165) is 6.42 Å². The molecule has 2 rings (SSSR count). The van der Waals surface area contributed by atoms with Crippen LogP contribution in [0, 0.1) is 5.82 Å². The van der Waals surface area contributed by atoms with Crippen molar-refractivity contribution in [2.24, 2.45) is 0 Å². The lowest BCUT2D eigenvalue weighted by Crippen LogP contribution is -2.06. The van der Waals surface area contributed by atoms with Crippen molar-refractivity contribution in [3.05, 3.63) is 24.0 Å². The highest BCUT2D eigenvalue weighted by atomic mass is 32.2. The van der Waals surface area contributed by atoms with Gasteiger partial charge in [0.2, 0.25) is 5.95 Å². The molecule has 1 aromatic carbocycles. The van der Waals surface area contributed by atoms with Crippen LogP contribution in [-0.4, -0.2) is 25.8 Å². The molecule has 4 nitrogen and oxygen atoms in total. The summed E-state index contributed by atoms with van der Waals surface area (Å²) >= 11 is 0. The third kappa shape index (κ3) is 2.46. The summed E-state index contributed by atoms with van der Waals surface area (Å²) in [5.41, 5.74) is 6.73. The van der Waals surface area contributed by atoms with Gasteiger partial charge in [-0.3, -0.25) is 4.21 Å². The van der Waals surface area contributed by atoms with Crippen molar-refractivity contribution in [3.8, 4) is 0 Å². The largest absolute Gasteiger partial charge is 0.369 e. The molecule has 2 N–H and O–H groups in total. The standard InChI is InChI=1S/C11H14FN3OS/c1-17(16)7-3-6-15-9-5-2-4-8(12)10(9)14-11(15)13/h2,4-5H,3,6-7H2,1H3,(H2,13,14). The molecule has 6 heteroatoms. The number of nitrogens with two attached hydrogens (primary N) is 1. The first-order valence-electron chi connectivity index (χ1n) is 5.30. The maximum Gasteiger partial charge on any atom is 0.201 e. The van der Waals surface area contributed by atoms with Gasteiger partial charge in [0.1, 0.15) is 5.52 Å². The van der Waals surface area contributed by atoms with Crippen molar-refractivity contribution in [2.45, 2.75) is 13.0 Å². The summed E-state index contributed by atoms with van der Waals surface area (Å²) in [7, 11) is -0.820. The van der Waals surface area contributed by atoms with E-state index in [2.05, 4.69) is 4.98 Å². The molecule has 1 atom stereocenters. The second-order valence-electron chi connectivity index (χ2n) is 3.86. The number of anilines is 1. The fourth-order valence-corrected chi connectivity index (χ4v) is 2.33. The molecule has 0 fully saturated rings. The van der Waals surface area contributed by atoms with Crippen LogP contribution in [0.5, 0.6) is 0 Å². The van der Waals surface area contributed by atoms with Crippen molar-refractivity contribution in [2.75, 3.05) is 17.7 Å². The maximum absolute atomic E-state index is 13.4. The van der Waals surface area contributed by atoms with E-state index >= 15 is 0 Å². The van der Waals surface area contributed by atoms with Gasteiger partial charge in [-0.25, -0.2) is 9.37 Å². The third-order valence-corrected chi connectivity index (χ3v) is 3.44. The van der Waals surface area contributed by atoms with Crippen LogP contribution in [0.1, 0.15) is 6.42 Å². The minimum Gasteiger partial charge on any atom is -0.369 e. The molecule has 0 aliphatic heterocycles. The number of nitrogens with zero attached hydrogens (tertiary/aromatic N) is 2. The second kappa shape index (κ2) is 4.83. The zero-order valence-electron chi connectivity index (χ0n) is 9.52. The SMILES string of the molecule is CS(=O)CCCn1c(N)nc2c(F)cccc21. The van der Waals surface area contributed by atoms with Crippen LogP contribution >= 0.6 is 0 Å². The van der Waals surface area contributed by atoms with Crippen molar-refractivity contribution >= 4 is 27.8 Å². The molecule has 1 aromatic heterocycles. The van der Waals surface area contributed by atoms with Crippen molar-refractivity contribution < 1.29 is 8.60 Å². The van der Waals surface area contributed by atoms with E-state index in [0.29, 0.717) is 29.3 Å². The van der Waals surface area contributed by atoms with Gasteiger partial charge in [-0.15, -0.1) is 0 Å². The molecule has 0 saturated carbocycles. The summed E-state index contributed by atoms with van der Waals surface area (Å²) in [6.45, 7) is 0.603. The molecule has 2 aromatic rings. The monoisotopic (exact) mass is 255 g/mol. The number of fused-ring (bicyclic) bond motifs is 1. The summed E-state index contributed by atoms with van der Waals surface area (Å²) in [5, 5.41) is 0. The smallest absolute Gasteiger partial charge is 0.201 e. The highest BCUT2D eigenvalue weighted by Gasteiger charge is 2.10. The van der Waals surface area contributed by atoms with Gasteiger partial charge in [0.15, 0.2) is 5.82 Å². The second-order valence-corrected chi connectivity index (χ2v) is 5.41. The molecule has 0 bridgehead atoms. The molecule has 0 saturated heterocycles. The predicted octanol–water partition coefficient (Wildman–Crippen LogP) is 1.53. The lowest BCUT2D eigenvalue weighted by atomic mass is 10.3. The minimum absolute atomic E-state index is 0.294. The van der Waals surface area contributed by atoms with Crippen molar-refractivity contribution in [1.29, 1.82) is 0 Å². The zero-order chi connectivity index (χ0) is 12.4. The number of aryl methyl sites for hydroxylation is 1. The highest BCUT2D eigenvalue weighted by Crippen LogP contribution is 2.20. The Morgan fingerprint density at radius 1 is 1.53 bits per heavy atom. The van der Waals surface area contributed by atoms with Gasteiger partial charge < -0.3 is 10.3 Å². The molecular formula is C11H14FN3OS. The average Bonchev–Trinajstić information content (AvgIpc) is 2.57. The molecule has 0 aliphatic rings. The lowest BCUT2D eigenvalue weighted by molar-refractivity contribution is 0.637. The van der Waals surface area contributed by atoms with Gasteiger partial charge in [-0.05, 0) is 18.6 Å². The Kier molecular flexibility index (Phi) is 3.42. The number of hydrogen-bond acceptors (Lipinski definition) is 3. The Labute approximate surface area is 101 Å². The average molecular weight is 255 g/mol. The fraction of sp³-hybridized carbons (Fsp3) is 0.364. The molecule has 0 spiro atoms. The van der Waals surface area contributed by atoms with Crippen molar-refractivity contribution in [1.82, 2.24) is 9.55 Å². The summed E-state index contributed by atoms with van der Waals surface area (Å²) in [6, 6.07) is 4.78. The van der Waals surface area contributed by atoms with Crippen LogP contribution in [0.15, 0.2) is 18.2 Å². The van der Waals surface area contributed by atoms with Gasteiger partial charge in [-0.2, -0.15) is 0 Å². The summed E-state index contributed by atoms with van der Waals surface area (Å²) in [5.74, 6) is 0.535. The Morgan fingerprint density at radius 3 is 3.00 bits per heavy atom. The van der Waals surface area contributed by atoms with Crippen LogP contribution in [-0.2, 0) is 17.3 Å². The third-order valence-electron chi connectivity index (χ3n) is 2.57. The van der Waals surface area contributed by atoms with E-state index < -0.39 is 10.8 Å². The predicted molar refractivity (Wildman–Crippen MR) is 67.7 cm³/mol. The van der Waals surface area contributed by atoms with E-state index in [4.69, 9.17) is 5.73 Å². The lowest BCUT2D eigenvalue weighted by Gasteiger charge is -2.05. The first-order valence-corrected chi connectivity index (χ1v) is 7.02. The van der Waals surface area contributed by atoms with Crippen LogP contribution in [0.3, 0.4) is 0 Å². The van der Waals surface area contributed by atoms with E-state index in [1.54, 1.807) is 23.0 Å². The van der Waals surface area contributed by atoms with E-state index in [-0.39, 0.29) is 5.82 Å². The Morgan fingerprint density at radius 2 is 2.29 bits per heavy atom. The quantitative estimate of drug-likeness (QED) is 0.901. The number of aromatic nitrogens is 2. The van der Waals surface area contributed by atoms with Crippen LogP contribution in [0.2, 0.25) is 0 Å². The Hall–Kier alpha value is -1.43. The molecular weight excluding hydrogens is 241 g/mol. The van der Waals surface area contributed by atoms with Crippen molar-refractivity contribution in [3.63, 3.8) is 0 Å². The van der Waals surface area contributed by atoms with E-state index in [9.17, 15) is 8.60 Å². The van der Waals surface area contributed by atoms with Gasteiger partial charge >= 0.3 is 0 Å². The highest BCUT2D eigenvalue weighted by molar-refractivity contribution is 7.84. The molecule has 1 unspecified atom stereocenters.